The maximum atomic E-state index is 14.0. The average Bonchev–Trinajstić information content (AvgIpc) is 3.05. The molecule has 186 valence electrons. The number of ether oxygens (including phenoxy) is 1. The molecule has 1 spiro atoms. The summed E-state index contributed by atoms with van der Waals surface area (Å²) in [4.78, 5) is 43.4. The molecule has 0 saturated heterocycles. The first-order valence-corrected chi connectivity index (χ1v) is 12.3. The van der Waals surface area contributed by atoms with Gasteiger partial charge < -0.3 is 15.8 Å². The number of para-hydroxylation sites is 1. The van der Waals surface area contributed by atoms with Crippen molar-refractivity contribution in [1.82, 2.24) is 0 Å². The molecule has 1 atom stereocenters. The monoisotopic (exact) mass is 505 g/mol. The fraction of sp³-hybridized carbons (Fsp3) is 0.321. The number of benzene rings is 2. The molecule has 0 fully saturated rings. The fourth-order valence-electron chi connectivity index (χ4n) is 5.76. The number of carbonyl (C=O) groups excluding carboxylic acids is 3. The van der Waals surface area contributed by atoms with Crippen LogP contribution in [-0.4, -0.2) is 24.3 Å². The number of Topliss-reactive ketones (excluding diaryl/α,β-unsaturated/α-hetero) is 1. The van der Waals surface area contributed by atoms with Gasteiger partial charge in [0.05, 0.1) is 17.3 Å². The second-order valence-corrected chi connectivity index (χ2v) is 10.7. The summed E-state index contributed by atoms with van der Waals surface area (Å²) in [5, 5.41) is 3.30. The van der Waals surface area contributed by atoms with Crippen LogP contribution in [0.4, 0.5) is 11.4 Å². The van der Waals surface area contributed by atoms with Gasteiger partial charge in [0.25, 0.3) is 0 Å². The molecule has 5 rings (SSSR count). The molecule has 36 heavy (non-hydrogen) atoms. The van der Waals surface area contributed by atoms with Crippen molar-refractivity contribution in [2.75, 3.05) is 16.8 Å². The summed E-state index contributed by atoms with van der Waals surface area (Å²) in [5.41, 5.74) is 7.92. The summed E-state index contributed by atoms with van der Waals surface area (Å²) in [5.74, 6) is -1.43. The Morgan fingerprint density at radius 3 is 2.58 bits per heavy atom. The highest BCUT2D eigenvalue weighted by atomic mass is 35.5. The summed E-state index contributed by atoms with van der Waals surface area (Å²) in [6.07, 6.45) is 0.667. The third-order valence-electron chi connectivity index (χ3n) is 7.11. The molecule has 0 aromatic heterocycles. The van der Waals surface area contributed by atoms with E-state index in [4.69, 9.17) is 22.1 Å². The lowest BCUT2D eigenvalue weighted by atomic mass is 9.60. The van der Waals surface area contributed by atoms with Crippen molar-refractivity contribution < 1.29 is 19.1 Å². The SMILES string of the molecule is CCOC(=O)C1=C(N)N(c2ccccc2Cl)C2=C(C(=O)CC(C)(C)C2)C12C(=O)Nc1ccc(C)cc12. The lowest BCUT2D eigenvalue weighted by molar-refractivity contribution is -0.140. The smallest absolute Gasteiger partial charge is 0.339 e. The number of halogens is 1. The normalized spacial score (nSPS) is 22.5. The molecule has 0 bridgehead atoms. The highest BCUT2D eigenvalue weighted by Crippen LogP contribution is 2.58. The first-order valence-electron chi connectivity index (χ1n) is 11.9. The standard InChI is InChI=1S/C28H28ClN3O4/c1-5-36-25(34)23-24(30)32(19-9-7-6-8-17(19)29)20-13-27(3,4)14-21(33)22(20)28(23)16-12-15(2)10-11-18(16)31-26(28)35/h6-12H,5,13-14,30H2,1-4H3,(H,31,35). The second kappa shape index (κ2) is 8.23. The number of amides is 1. The molecule has 2 aliphatic heterocycles. The molecule has 2 aromatic carbocycles. The molecule has 3 N–H and O–H groups in total. The molecule has 1 amide bonds. The molecular formula is C28H28ClN3O4. The van der Waals surface area contributed by atoms with E-state index < -0.39 is 22.7 Å². The molecular weight excluding hydrogens is 478 g/mol. The molecule has 2 heterocycles. The van der Waals surface area contributed by atoms with E-state index in [-0.39, 0.29) is 35.8 Å². The maximum absolute atomic E-state index is 14.0. The quantitative estimate of drug-likeness (QED) is 0.584. The number of aryl methyl sites for hydroxylation is 1. The van der Waals surface area contributed by atoms with Crippen molar-refractivity contribution in [2.24, 2.45) is 11.1 Å². The van der Waals surface area contributed by atoms with Crippen molar-refractivity contribution in [3.05, 3.63) is 81.3 Å². The maximum Gasteiger partial charge on any atom is 0.339 e. The Bertz CT molecular complexity index is 1410. The summed E-state index contributed by atoms with van der Waals surface area (Å²) in [6.45, 7) is 7.65. The Morgan fingerprint density at radius 2 is 1.89 bits per heavy atom. The zero-order chi connectivity index (χ0) is 26.0. The minimum atomic E-state index is -1.72. The van der Waals surface area contributed by atoms with E-state index in [2.05, 4.69) is 5.32 Å². The number of anilines is 2. The number of ketones is 1. The minimum absolute atomic E-state index is 0.0234. The van der Waals surface area contributed by atoms with E-state index in [9.17, 15) is 14.4 Å². The summed E-state index contributed by atoms with van der Waals surface area (Å²) < 4.78 is 5.45. The predicted molar refractivity (Wildman–Crippen MR) is 138 cm³/mol. The third-order valence-corrected chi connectivity index (χ3v) is 7.43. The Hall–Kier alpha value is -3.58. The third kappa shape index (κ3) is 3.29. The predicted octanol–water partition coefficient (Wildman–Crippen LogP) is 4.74. The van der Waals surface area contributed by atoms with Crippen LogP contribution in [0.2, 0.25) is 5.02 Å². The van der Waals surface area contributed by atoms with Crippen LogP contribution >= 0.6 is 11.6 Å². The molecule has 0 radical (unpaired) electrons. The lowest BCUT2D eigenvalue weighted by Crippen LogP contribution is -2.54. The molecule has 3 aliphatic rings. The van der Waals surface area contributed by atoms with E-state index in [1.165, 1.54) is 0 Å². The summed E-state index contributed by atoms with van der Waals surface area (Å²) >= 11 is 6.61. The van der Waals surface area contributed by atoms with Crippen LogP contribution in [0.15, 0.2) is 65.1 Å². The van der Waals surface area contributed by atoms with Crippen LogP contribution in [-0.2, 0) is 24.5 Å². The Labute approximate surface area is 214 Å². The number of nitrogens with one attached hydrogen (secondary N) is 1. The van der Waals surface area contributed by atoms with Gasteiger partial charge in [0.2, 0.25) is 5.91 Å². The van der Waals surface area contributed by atoms with Crippen molar-refractivity contribution in [3.8, 4) is 0 Å². The molecule has 0 saturated carbocycles. The van der Waals surface area contributed by atoms with Crippen molar-refractivity contribution in [2.45, 2.75) is 46.0 Å². The fourth-order valence-corrected chi connectivity index (χ4v) is 5.98. The van der Waals surface area contributed by atoms with Crippen LogP contribution < -0.4 is 16.0 Å². The first-order chi connectivity index (χ1) is 17.0. The average molecular weight is 506 g/mol. The largest absolute Gasteiger partial charge is 0.462 e. The number of nitrogens with two attached hydrogens (primary N) is 1. The molecule has 1 aliphatic carbocycles. The molecule has 2 aromatic rings. The van der Waals surface area contributed by atoms with E-state index in [1.54, 1.807) is 42.2 Å². The zero-order valence-corrected chi connectivity index (χ0v) is 21.5. The van der Waals surface area contributed by atoms with Crippen molar-refractivity contribution in [3.63, 3.8) is 0 Å². The van der Waals surface area contributed by atoms with Crippen LogP contribution in [0.3, 0.4) is 0 Å². The Morgan fingerprint density at radius 1 is 1.17 bits per heavy atom. The van der Waals surface area contributed by atoms with Gasteiger partial charge in [-0.3, -0.25) is 14.5 Å². The minimum Gasteiger partial charge on any atom is -0.462 e. The van der Waals surface area contributed by atoms with Gasteiger partial charge in [-0.05, 0) is 43.9 Å². The van der Waals surface area contributed by atoms with E-state index in [0.717, 1.165) is 5.56 Å². The van der Waals surface area contributed by atoms with Crippen LogP contribution in [0, 0.1) is 12.3 Å². The van der Waals surface area contributed by atoms with Gasteiger partial charge in [-0.15, -0.1) is 0 Å². The Balaban J connectivity index is 1.95. The van der Waals surface area contributed by atoms with Gasteiger partial charge in [-0.1, -0.05) is 55.3 Å². The molecule has 8 heteroatoms. The number of carbonyl (C=O) groups is 3. The van der Waals surface area contributed by atoms with Crippen LogP contribution in [0.5, 0.6) is 0 Å². The first kappa shape index (κ1) is 24.1. The van der Waals surface area contributed by atoms with Crippen LogP contribution in [0.1, 0.15) is 44.7 Å². The number of fused-ring (bicyclic) bond motifs is 3. The van der Waals surface area contributed by atoms with Gasteiger partial charge in [-0.2, -0.15) is 0 Å². The van der Waals surface area contributed by atoms with E-state index >= 15 is 0 Å². The summed E-state index contributed by atoms with van der Waals surface area (Å²) in [7, 11) is 0. The van der Waals surface area contributed by atoms with Gasteiger partial charge >= 0.3 is 5.97 Å². The zero-order valence-electron chi connectivity index (χ0n) is 20.7. The van der Waals surface area contributed by atoms with Gasteiger partial charge in [0.1, 0.15) is 16.8 Å². The molecule has 1 unspecified atom stereocenters. The highest BCUT2D eigenvalue weighted by Gasteiger charge is 2.63. The van der Waals surface area contributed by atoms with Crippen molar-refractivity contribution in [1.29, 1.82) is 0 Å². The second-order valence-electron chi connectivity index (χ2n) is 10.3. The number of esters is 1. The van der Waals surface area contributed by atoms with Crippen molar-refractivity contribution >= 4 is 40.6 Å². The highest BCUT2D eigenvalue weighted by molar-refractivity contribution is 6.33. The Kier molecular flexibility index (Phi) is 5.52. The number of hydrogen-bond acceptors (Lipinski definition) is 6. The number of hydrogen-bond donors (Lipinski definition) is 2. The summed E-state index contributed by atoms with van der Waals surface area (Å²) in [6, 6.07) is 12.6. The number of rotatable bonds is 3. The lowest BCUT2D eigenvalue weighted by Gasteiger charge is -2.47. The van der Waals surface area contributed by atoms with Crippen LogP contribution in [0.25, 0.3) is 0 Å². The number of allylic oxidation sites excluding steroid dienone is 1. The molecule has 7 nitrogen and oxygen atoms in total. The van der Waals surface area contributed by atoms with Gasteiger partial charge in [0, 0.05) is 28.9 Å². The van der Waals surface area contributed by atoms with Gasteiger partial charge in [-0.25, -0.2) is 4.79 Å². The number of nitrogens with zero attached hydrogens (tertiary/aromatic N) is 1. The topological polar surface area (TPSA) is 102 Å². The van der Waals surface area contributed by atoms with Gasteiger partial charge in [0.15, 0.2) is 5.78 Å². The van der Waals surface area contributed by atoms with E-state index in [1.807, 2.05) is 32.9 Å². The van der Waals surface area contributed by atoms with E-state index in [0.29, 0.717) is 34.1 Å².